The second-order valence-corrected chi connectivity index (χ2v) is 5.05. The van der Waals surface area contributed by atoms with E-state index in [9.17, 15) is 4.79 Å². The third kappa shape index (κ3) is 6.45. The molecule has 1 aromatic carbocycles. The van der Waals surface area contributed by atoms with Crippen LogP contribution in [0.15, 0.2) is 24.3 Å². The summed E-state index contributed by atoms with van der Waals surface area (Å²) >= 11 is 0. The molecule has 1 amide bonds. The Hall–Kier alpha value is -1.71. The van der Waals surface area contributed by atoms with Crippen LogP contribution in [0.3, 0.4) is 0 Å². The fourth-order valence-electron chi connectivity index (χ4n) is 2.07. The molecule has 3 N–H and O–H groups in total. The summed E-state index contributed by atoms with van der Waals surface area (Å²) in [6, 6.07) is 7.32. The predicted molar refractivity (Wildman–Crippen MR) is 82.7 cm³/mol. The molecule has 0 aliphatic rings. The summed E-state index contributed by atoms with van der Waals surface area (Å²) in [6.45, 7) is 4.35. The van der Waals surface area contributed by atoms with Crippen molar-refractivity contribution in [3.63, 3.8) is 0 Å². The van der Waals surface area contributed by atoms with Gasteiger partial charge in [-0.25, -0.2) is 0 Å². The number of anilines is 1. The monoisotopic (exact) mass is 278 g/mol. The number of hydrogen-bond donors (Lipinski definition) is 2. The Morgan fingerprint density at radius 2 is 1.90 bits per heavy atom. The lowest BCUT2D eigenvalue weighted by molar-refractivity contribution is -0.123. The van der Waals surface area contributed by atoms with Gasteiger partial charge in [0.2, 0.25) is 0 Å². The van der Waals surface area contributed by atoms with Crippen molar-refractivity contribution < 1.29 is 9.53 Å². The minimum atomic E-state index is -0.0589. The fourth-order valence-corrected chi connectivity index (χ4v) is 2.07. The number of ether oxygens (including phenoxy) is 1. The number of benzene rings is 1. The second-order valence-electron chi connectivity index (χ2n) is 5.05. The SMILES string of the molecule is CCCCC(CCC)NC(=O)COc1ccc(N)cc1. The van der Waals surface area contributed by atoms with Crippen LogP contribution < -0.4 is 15.8 Å². The first-order chi connectivity index (χ1) is 9.65. The molecule has 4 nitrogen and oxygen atoms in total. The third-order valence-electron chi connectivity index (χ3n) is 3.16. The highest BCUT2D eigenvalue weighted by Gasteiger charge is 2.11. The molecule has 112 valence electrons. The number of unbranched alkanes of at least 4 members (excludes halogenated alkanes) is 1. The van der Waals surface area contributed by atoms with E-state index in [0.29, 0.717) is 11.4 Å². The van der Waals surface area contributed by atoms with E-state index in [0.717, 1.165) is 32.1 Å². The minimum absolute atomic E-state index is 0.0518. The first-order valence-electron chi connectivity index (χ1n) is 7.43. The molecule has 0 aliphatic carbocycles. The number of rotatable bonds is 9. The van der Waals surface area contributed by atoms with Gasteiger partial charge in [0.15, 0.2) is 6.61 Å². The molecular weight excluding hydrogens is 252 g/mol. The van der Waals surface area contributed by atoms with Gasteiger partial charge < -0.3 is 15.8 Å². The van der Waals surface area contributed by atoms with Crippen LogP contribution in [-0.2, 0) is 4.79 Å². The van der Waals surface area contributed by atoms with E-state index in [1.807, 2.05) is 0 Å². The first kappa shape index (κ1) is 16.3. The van der Waals surface area contributed by atoms with Crippen LogP contribution in [-0.4, -0.2) is 18.6 Å². The van der Waals surface area contributed by atoms with E-state index in [4.69, 9.17) is 10.5 Å². The highest BCUT2D eigenvalue weighted by Crippen LogP contribution is 2.13. The summed E-state index contributed by atoms with van der Waals surface area (Å²) in [6.07, 6.45) is 5.43. The molecule has 4 heteroatoms. The minimum Gasteiger partial charge on any atom is -0.484 e. The van der Waals surface area contributed by atoms with Crippen molar-refractivity contribution >= 4 is 11.6 Å². The van der Waals surface area contributed by atoms with Crippen molar-refractivity contribution in [3.05, 3.63) is 24.3 Å². The van der Waals surface area contributed by atoms with Gasteiger partial charge in [-0.1, -0.05) is 33.1 Å². The van der Waals surface area contributed by atoms with Crippen LogP contribution in [0.4, 0.5) is 5.69 Å². The molecule has 20 heavy (non-hydrogen) atoms. The van der Waals surface area contributed by atoms with Gasteiger partial charge >= 0.3 is 0 Å². The van der Waals surface area contributed by atoms with Crippen molar-refractivity contribution in [2.75, 3.05) is 12.3 Å². The zero-order valence-electron chi connectivity index (χ0n) is 12.5. The molecule has 0 spiro atoms. The summed E-state index contributed by atoms with van der Waals surface area (Å²) in [7, 11) is 0. The van der Waals surface area contributed by atoms with Gasteiger partial charge in [0.05, 0.1) is 0 Å². The number of nitrogen functional groups attached to an aromatic ring is 1. The predicted octanol–water partition coefficient (Wildman–Crippen LogP) is 3.12. The standard InChI is InChI=1S/C16H26N2O2/c1-3-5-7-14(6-4-2)18-16(19)12-20-15-10-8-13(17)9-11-15/h8-11,14H,3-7,12,17H2,1-2H3,(H,18,19). The smallest absolute Gasteiger partial charge is 0.258 e. The van der Waals surface area contributed by atoms with Crippen molar-refractivity contribution in [1.82, 2.24) is 5.32 Å². The molecule has 0 aromatic heterocycles. The number of amides is 1. The van der Waals surface area contributed by atoms with E-state index < -0.39 is 0 Å². The Balaban J connectivity index is 2.35. The number of carbonyl (C=O) groups is 1. The summed E-state index contributed by atoms with van der Waals surface area (Å²) in [5.74, 6) is 0.603. The number of carbonyl (C=O) groups excluding carboxylic acids is 1. The quantitative estimate of drug-likeness (QED) is 0.682. The molecule has 1 aromatic rings. The molecule has 0 aliphatic heterocycles. The highest BCUT2D eigenvalue weighted by molar-refractivity contribution is 5.77. The van der Waals surface area contributed by atoms with Crippen LogP contribution in [0.1, 0.15) is 46.0 Å². The molecule has 0 bridgehead atoms. The first-order valence-corrected chi connectivity index (χ1v) is 7.43. The van der Waals surface area contributed by atoms with E-state index in [1.54, 1.807) is 24.3 Å². The molecule has 0 heterocycles. The number of nitrogens with two attached hydrogens (primary N) is 1. The van der Waals surface area contributed by atoms with Gasteiger partial charge in [-0.15, -0.1) is 0 Å². The van der Waals surface area contributed by atoms with Gasteiger partial charge in [-0.05, 0) is 37.1 Å². The molecular formula is C16H26N2O2. The lowest BCUT2D eigenvalue weighted by atomic mass is 10.1. The molecule has 0 saturated heterocycles. The maximum absolute atomic E-state index is 11.9. The Bertz CT molecular complexity index is 390. The van der Waals surface area contributed by atoms with Crippen LogP contribution >= 0.6 is 0 Å². The summed E-state index contributed by atoms with van der Waals surface area (Å²) in [5, 5.41) is 3.05. The molecule has 1 unspecified atom stereocenters. The molecule has 0 fully saturated rings. The lowest BCUT2D eigenvalue weighted by Gasteiger charge is -2.18. The Labute approximate surface area is 121 Å². The molecule has 0 saturated carbocycles. The maximum Gasteiger partial charge on any atom is 0.258 e. The average Bonchev–Trinajstić information content (AvgIpc) is 2.44. The lowest BCUT2D eigenvalue weighted by Crippen LogP contribution is -2.37. The molecule has 0 radical (unpaired) electrons. The van der Waals surface area contributed by atoms with Crippen molar-refractivity contribution in [2.24, 2.45) is 0 Å². The largest absolute Gasteiger partial charge is 0.484 e. The van der Waals surface area contributed by atoms with Gasteiger partial charge in [-0.2, -0.15) is 0 Å². The van der Waals surface area contributed by atoms with Gasteiger partial charge in [-0.3, -0.25) is 4.79 Å². The third-order valence-corrected chi connectivity index (χ3v) is 3.16. The number of hydrogen-bond acceptors (Lipinski definition) is 3. The van der Waals surface area contributed by atoms with Crippen LogP contribution in [0.25, 0.3) is 0 Å². The van der Waals surface area contributed by atoms with Gasteiger partial charge in [0, 0.05) is 11.7 Å². The summed E-state index contributed by atoms with van der Waals surface area (Å²) in [4.78, 5) is 11.9. The topological polar surface area (TPSA) is 64.3 Å². The maximum atomic E-state index is 11.9. The van der Waals surface area contributed by atoms with Gasteiger partial charge in [0.1, 0.15) is 5.75 Å². The molecule has 1 rings (SSSR count). The second kappa shape index (κ2) is 9.23. The fraction of sp³-hybridized carbons (Fsp3) is 0.562. The van der Waals surface area contributed by atoms with Crippen molar-refractivity contribution in [2.45, 2.75) is 52.0 Å². The Kier molecular flexibility index (Phi) is 7.55. The number of nitrogens with one attached hydrogen (secondary N) is 1. The van der Waals surface area contributed by atoms with E-state index in [2.05, 4.69) is 19.2 Å². The molecule has 1 atom stereocenters. The highest BCUT2D eigenvalue weighted by atomic mass is 16.5. The van der Waals surface area contributed by atoms with Crippen molar-refractivity contribution in [1.29, 1.82) is 0 Å². The summed E-state index contributed by atoms with van der Waals surface area (Å²) < 4.78 is 5.44. The summed E-state index contributed by atoms with van der Waals surface area (Å²) in [5.41, 5.74) is 6.28. The average molecular weight is 278 g/mol. The Morgan fingerprint density at radius 1 is 1.20 bits per heavy atom. The van der Waals surface area contributed by atoms with Crippen LogP contribution in [0.5, 0.6) is 5.75 Å². The van der Waals surface area contributed by atoms with E-state index >= 15 is 0 Å². The van der Waals surface area contributed by atoms with Crippen LogP contribution in [0.2, 0.25) is 0 Å². The van der Waals surface area contributed by atoms with Crippen LogP contribution in [0, 0.1) is 0 Å². The van der Waals surface area contributed by atoms with E-state index in [-0.39, 0.29) is 18.6 Å². The zero-order chi connectivity index (χ0) is 14.8. The van der Waals surface area contributed by atoms with Gasteiger partial charge in [0.25, 0.3) is 5.91 Å². The van der Waals surface area contributed by atoms with Crippen molar-refractivity contribution in [3.8, 4) is 5.75 Å². The zero-order valence-corrected chi connectivity index (χ0v) is 12.5. The Morgan fingerprint density at radius 3 is 2.50 bits per heavy atom. The van der Waals surface area contributed by atoms with E-state index in [1.165, 1.54) is 0 Å². The normalized spacial score (nSPS) is 11.9.